The van der Waals surface area contributed by atoms with Crippen molar-refractivity contribution in [3.63, 3.8) is 0 Å². The number of nitrogens with zero attached hydrogens (tertiary/aromatic N) is 1. The Morgan fingerprint density at radius 3 is 2.31 bits per heavy atom. The van der Waals surface area contributed by atoms with E-state index in [2.05, 4.69) is 0 Å². The van der Waals surface area contributed by atoms with Gasteiger partial charge in [-0.15, -0.1) is 0 Å². The highest BCUT2D eigenvalue weighted by Crippen LogP contribution is 2.34. The van der Waals surface area contributed by atoms with Crippen molar-refractivity contribution in [3.05, 3.63) is 41.7 Å². The number of rotatable bonds is 6. The first kappa shape index (κ1) is 20.3. The van der Waals surface area contributed by atoms with Crippen molar-refractivity contribution in [1.82, 2.24) is 4.90 Å². The molecule has 2 atom stereocenters. The van der Waals surface area contributed by atoms with E-state index in [0.717, 1.165) is 30.6 Å². The minimum Gasteiger partial charge on any atom is -0.497 e. The fraction of sp³-hybridized carbons (Fsp3) is 0.571. The molecule has 5 heteroatoms. The van der Waals surface area contributed by atoms with Crippen molar-refractivity contribution in [2.24, 2.45) is 5.92 Å². The van der Waals surface area contributed by atoms with E-state index in [9.17, 15) is 9.90 Å². The predicted octanol–water partition coefficient (Wildman–Crippen LogP) is 4.67. The van der Waals surface area contributed by atoms with Crippen molar-refractivity contribution < 1.29 is 19.4 Å². The number of amides is 1. The number of allylic oxidation sites excluding steroid dienone is 1. The summed E-state index contributed by atoms with van der Waals surface area (Å²) in [5, 5.41) is 10.7. The summed E-state index contributed by atoms with van der Waals surface area (Å²) in [5.41, 5.74) is 0.839. The van der Waals surface area contributed by atoms with Crippen LogP contribution in [-0.4, -0.2) is 35.3 Å². The minimum atomic E-state index is -0.624. The van der Waals surface area contributed by atoms with Crippen molar-refractivity contribution in [1.29, 1.82) is 0 Å². The highest BCUT2D eigenvalue weighted by molar-refractivity contribution is 5.69. The number of benzene rings is 1. The van der Waals surface area contributed by atoms with Crippen molar-refractivity contribution in [2.45, 2.75) is 65.1 Å². The molecule has 2 rings (SSSR count). The van der Waals surface area contributed by atoms with Gasteiger partial charge in [0, 0.05) is 24.4 Å². The zero-order chi connectivity index (χ0) is 19.3. The highest BCUT2D eigenvalue weighted by Gasteiger charge is 2.27. The van der Waals surface area contributed by atoms with Crippen LogP contribution < -0.4 is 4.74 Å². The van der Waals surface area contributed by atoms with Crippen molar-refractivity contribution in [2.75, 3.05) is 7.11 Å². The van der Waals surface area contributed by atoms with E-state index in [0.29, 0.717) is 5.76 Å². The van der Waals surface area contributed by atoms with Gasteiger partial charge < -0.3 is 19.5 Å². The van der Waals surface area contributed by atoms with Crippen LogP contribution in [0.5, 0.6) is 5.75 Å². The van der Waals surface area contributed by atoms with Gasteiger partial charge in [-0.1, -0.05) is 12.1 Å². The molecular weight excluding hydrogens is 330 g/mol. The minimum absolute atomic E-state index is 0.0634. The van der Waals surface area contributed by atoms with Crippen LogP contribution >= 0.6 is 0 Å². The molecule has 1 amide bonds. The average Bonchev–Trinajstić information content (AvgIpc) is 2.60. The van der Waals surface area contributed by atoms with E-state index >= 15 is 0 Å². The highest BCUT2D eigenvalue weighted by atomic mass is 16.6. The lowest BCUT2D eigenvalue weighted by Crippen LogP contribution is -2.42. The van der Waals surface area contributed by atoms with E-state index in [4.69, 9.17) is 9.47 Å². The first-order chi connectivity index (χ1) is 12.3. The molecule has 0 bridgehead atoms. The van der Waals surface area contributed by atoms with Crippen LogP contribution in [0.2, 0.25) is 0 Å². The van der Waals surface area contributed by atoms with E-state index in [1.807, 2.05) is 58.0 Å². The Morgan fingerprint density at radius 2 is 1.77 bits per heavy atom. The normalized spacial score (nSPS) is 18.5. The molecule has 1 aliphatic carbocycles. The topological polar surface area (TPSA) is 59.0 Å². The van der Waals surface area contributed by atoms with Crippen LogP contribution in [0.25, 0.3) is 0 Å². The van der Waals surface area contributed by atoms with Crippen LogP contribution in [0.3, 0.4) is 0 Å². The number of carbonyl (C=O) groups excluding carboxylic acids is 1. The second-order valence-corrected chi connectivity index (χ2v) is 7.37. The summed E-state index contributed by atoms with van der Waals surface area (Å²) in [5.74, 6) is 1.36. The second-order valence-electron chi connectivity index (χ2n) is 7.37. The first-order valence-electron chi connectivity index (χ1n) is 9.36. The number of aliphatic hydroxyl groups excluding tert-OH is 1. The number of aliphatic hydroxyl groups is 1. The Balaban J connectivity index is 2.08. The molecule has 1 aromatic carbocycles. The Labute approximate surface area is 156 Å². The Hall–Kier alpha value is -2.01. The zero-order valence-electron chi connectivity index (χ0n) is 16.4. The summed E-state index contributed by atoms with van der Waals surface area (Å²) < 4.78 is 10.8. The summed E-state index contributed by atoms with van der Waals surface area (Å²) in [4.78, 5) is 14.2. The molecular formula is C21H31NO4. The third kappa shape index (κ3) is 5.01. The van der Waals surface area contributed by atoms with Crippen LogP contribution in [-0.2, 0) is 4.74 Å². The first-order valence-corrected chi connectivity index (χ1v) is 9.36. The Bertz CT molecular complexity index is 613. The molecule has 0 heterocycles. The standard InChI is InChI=1S/C21H31NO4/c1-14(2)22(15(3)4)21(24)26-19-8-6-7-17(13-19)20(23)16-9-11-18(25-5)12-10-16/h9-15,17,20,23H,6-8H2,1-5H3/t17-,20-/m1/s1. The van der Waals surface area contributed by atoms with Crippen LogP contribution in [0, 0.1) is 5.92 Å². The zero-order valence-corrected chi connectivity index (χ0v) is 16.4. The number of carbonyl (C=O) groups is 1. The van der Waals surface area contributed by atoms with Gasteiger partial charge in [-0.2, -0.15) is 0 Å². The fourth-order valence-electron chi connectivity index (χ4n) is 3.48. The molecule has 0 aromatic heterocycles. The van der Waals surface area contributed by atoms with Gasteiger partial charge in [0.2, 0.25) is 0 Å². The maximum absolute atomic E-state index is 12.5. The van der Waals surface area contributed by atoms with Gasteiger partial charge in [0.1, 0.15) is 11.5 Å². The lowest BCUT2D eigenvalue weighted by Gasteiger charge is -2.31. The van der Waals surface area contributed by atoms with E-state index in [1.165, 1.54) is 0 Å². The third-order valence-electron chi connectivity index (χ3n) is 4.77. The van der Waals surface area contributed by atoms with Gasteiger partial charge in [-0.3, -0.25) is 0 Å². The SMILES string of the molecule is COc1ccc([C@@H](O)[C@H]2C=C(OC(=O)N(C(C)C)C(C)C)CCC2)cc1. The molecule has 0 unspecified atom stereocenters. The molecule has 0 radical (unpaired) electrons. The molecule has 0 fully saturated rings. The molecule has 0 saturated carbocycles. The molecule has 26 heavy (non-hydrogen) atoms. The number of hydrogen-bond donors (Lipinski definition) is 1. The van der Waals surface area contributed by atoms with Gasteiger partial charge in [0.25, 0.3) is 0 Å². The Morgan fingerprint density at radius 1 is 1.15 bits per heavy atom. The van der Waals surface area contributed by atoms with Gasteiger partial charge in [-0.05, 0) is 64.3 Å². The van der Waals surface area contributed by atoms with Crippen LogP contribution in [0.4, 0.5) is 4.79 Å². The van der Waals surface area contributed by atoms with Gasteiger partial charge >= 0.3 is 6.09 Å². The van der Waals surface area contributed by atoms with Gasteiger partial charge in [-0.25, -0.2) is 4.79 Å². The van der Waals surface area contributed by atoms with Crippen LogP contribution in [0.1, 0.15) is 58.6 Å². The maximum Gasteiger partial charge on any atom is 0.415 e. The summed E-state index contributed by atoms with van der Waals surface area (Å²) in [6.07, 6.45) is 3.45. The monoisotopic (exact) mass is 361 g/mol. The lowest BCUT2D eigenvalue weighted by molar-refractivity contribution is 0.0889. The number of hydrogen-bond acceptors (Lipinski definition) is 4. The molecule has 0 aliphatic heterocycles. The summed E-state index contributed by atoms with van der Waals surface area (Å²) in [7, 11) is 1.62. The maximum atomic E-state index is 12.5. The van der Waals surface area contributed by atoms with Gasteiger partial charge in [0.05, 0.1) is 13.2 Å². The number of ether oxygens (including phenoxy) is 2. The van der Waals surface area contributed by atoms with E-state index in [1.54, 1.807) is 12.0 Å². The number of methoxy groups -OCH3 is 1. The smallest absolute Gasteiger partial charge is 0.415 e. The quantitative estimate of drug-likeness (QED) is 0.800. The summed E-state index contributed by atoms with van der Waals surface area (Å²) >= 11 is 0. The Kier molecular flexibility index (Phi) is 7.09. The second kappa shape index (κ2) is 9.08. The molecule has 0 saturated heterocycles. The average molecular weight is 361 g/mol. The summed E-state index contributed by atoms with van der Waals surface area (Å²) in [6, 6.07) is 7.58. The van der Waals surface area contributed by atoms with E-state index in [-0.39, 0.29) is 24.1 Å². The van der Waals surface area contributed by atoms with Crippen molar-refractivity contribution in [3.8, 4) is 5.75 Å². The largest absolute Gasteiger partial charge is 0.497 e. The molecule has 1 N–H and O–H groups in total. The third-order valence-corrected chi connectivity index (χ3v) is 4.77. The fourth-order valence-corrected chi connectivity index (χ4v) is 3.48. The molecule has 144 valence electrons. The molecule has 1 aromatic rings. The molecule has 5 nitrogen and oxygen atoms in total. The lowest BCUT2D eigenvalue weighted by atomic mass is 9.87. The molecule has 1 aliphatic rings. The van der Waals surface area contributed by atoms with Crippen LogP contribution in [0.15, 0.2) is 36.1 Å². The van der Waals surface area contributed by atoms with E-state index < -0.39 is 6.10 Å². The predicted molar refractivity (Wildman–Crippen MR) is 102 cm³/mol. The van der Waals surface area contributed by atoms with Crippen molar-refractivity contribution >= 4 is 6.09 Å². The summed E-state index contributed by atoms with van der Waals surface area (Å²) in [6.45, 7) is 7.92. The molecule has 0 spiro atoms. The van der Waals surface area contributed by atoms with Gasteiger partial charge in [0.15, 0.2) is 0 Å².